The lowest BCUT2D eigenvalue weighted by molar-refractivity contribution is 0.0696. The second-order valence-electron chi connectivity index (χ2n) is 3.97. The van der Waals surface area contributed by atoms with Gasteiger partial charge in [-0.15, -0.1) is 0 Å². The molecule has 1 atom stereocenters. The Bertz CT molecular complexity index is 540. The van der Waals surface area contributed by atoms with Crippen LogP contribution < -0.4 is 0 Å². The maximum atomic E-state index is 10.8. The number of carboxylic acid groups (broad SMARTS) is 1. The molecule has 2 aromatic rings. The van der Waals surface area contributed by atoms with Crippen molar-refractivity contribution in [2.45, 2.75) is 12.5 Å². The fourth-order valence-electron chi connectivity index (χ4n) is 1.71. The zero-order valence-corrected chi connectivity index (χ0v) is 9.65. The number of hydrogen-bond donors (Lipinski definition) is 2. The van der Waals surface area contributed by atoms with E-state index in [2.05, 4.69) is 4.98 Å². The number of aromatic nitrogens is 1. The first-order valence-electron chi connectivity index (χ1n) is 5.58. The minimum atomic E-state index is -0.998. The molecule has 0 saturated carbocycles. The number of rotatable bonds is 4. The van der Waals surface area contributed by atoms with E-state index in [1.807, 2.05) is 12.1 Å². The number of aliphatic hydroxyl groups is 1. The zero-order chi connectivity index (χ0) is 13.0. The Labute approximate surface area is 105 Å². The molecular formula is C14H13NO3. The van der Waals surface area contributed by atoms with E-state index >= 15 is 0 Å². The van der Waals surface area contributed by atoms with Gasteiger partial charge >= 0.3 is 5.97 Å². The molecule has 0 aliphatic carbocycles. The molecule has 1 unspecified atom stereocenters. The highest BCUT2D eigenvalue weighted by Gasteiger charge is 2.11. The average Bonchev–Trinajstić information content (AvgIpc) is 2.40. The second kappa shape index (κ2) is 5.42. The van der Waals surface area contributed by atoms with Crippen LogP contribution in [0.25, 0.3) is 0 Å². The van der Waals surface area contributed by atoms with Gasteiger partial charge in [0.15, 0.2) is 0 Å². The van der Waals surface area contributed by atoms with E-state index in [4.69, 9.17) is 5.11 Å². The first-order valence-corrected chi connectivity index (χ1v) is 5.58. The molecule has 0 aliphatic heterocycles. The highest BCUT2D eigenvalue weighted by molar-refractivity contribution is 5.87. The highest BCUT2D eigenvalue weighted by Crippen LogP contribution is 2.18. The van der Waals surface area contributed by atoms with Crippen LogP contribution in [0.2, 0.25) is 0 Å². The molecule has 2 N–H and O–H groups in total. The summed E-state index contributed by atoms with van der Waals surface area (Å²) < 4.78 is 0. The first-order chi connectivity index (χ1) is 8.66. The van der Waals surface area contributed by atoms with Crippen LogP contribution in [0.3, 0.4) is 0 Å². The molecule has 0 amide bonds. The monoisotopic (exact) mass is 243 g/mol. The number of aliphatic hydroxyl groups excluding tert-OH is 1. The van der Waals surface area contributed by atoms with Gasteiger partial charge in [0.25, 0.3) is 0 Å². The number of aromatic carboxylic acids is 1. The molecule has 0 bridgehead atoms. The van der Waals surface area contributed by atoms with Crippen LogP contribution in [0.5, 0.6) is 0 Å². The number of pyridine rings is 1. The molecule has 0 saturated heterocycles. The van der Waals surface area contributed by atoms with Crippen LogP contribution in [-0.2, 0) is 6.42 Å². The lowest BCUT2D eigenvalue weighted by Gasteiger charge is -2.11. The molecule has 0 spiro atoms. The van der Waals surface area contributed by atoms with E-state index in [1.54, 1.807) is 24.4 Å². The Morgan fingerprint density at radius 2 is 2.06 bits per heavy atom. The zero-order valence-electron chi connectivity index (χ0n) is 9.65. The largest absolute Gasteiger partial charge is 0.478 e. The van der Waals surface area contributed by atoms with Crippen molar-refractivity contribution in [1.82, 2.24) is 4.98 Å². The Hall–Kier alpha value is -2.20. The van der Waals surface area contributed by atoms with E-state index in [9.17, 15) is 9.90 Å². The maximum absolute atomic E-state index is 10.8. The van der Waals surface area contributed by atoms with E-state index in [0.29, 0.717) is 12.0 Å². The molecule has 1 aromatic carbocycles. The van der Waals surface area contributed by atoms with Crippen molar-refractivity contribution < 1.29 is 15.0 Å². The standard InChI is InChI=1S/C14H13NO3/c16-13(9-12-6-1-2-7-15-12)10-4-3-5-11(8-10)14(17)18/h1-8,13,16H,9H2,(H,17,18). The van der Waals surface area contributed by atoms with Crippen LogP contribution in [0.1, 0.15) is 27.7 Å². The van der Waals surface area contributed by atoms with Gasteiger partial charge < -0.3 is 10.2 Å². The second-order valence-corrected chi connectivity index (χ2v) is 3.97. The van der Waals surface area contributed by atoms with Gasteiger partial charge in [-0.25, -0.2) is 4.79 Å². The third kappa shape index (κ3) is 2.93. The molecule has 2 rings (SSSR count). The van der Waals surface area contributed by atoms with Crippen molar-refractivity contribution in [1.29, 1.82) is 0 Å². The van der Waals surface area contributed by atoms with Gasteiger partial charge in [0.05, 0.1) is 11.7 Å². The molecular weight excluding hydrogens is 230 g/mol. The lowest BCUT2D eigenvalue weighted by atomic mass is 10.0. The van der Waals surface area contributed by atoms with Crippen LogP contribution in [0, 0.1) is 0 Å². The summed E-state index contributed by atoms with van der Waals surface area (Å²) in [6.07, 6.45) is 1.28. The quantitative estimate of drug-likeness (QED) is 0.862. The Kier molecular flexibility index (Phi) is 3.69. The number of carbonyl (C=O) groups is 1. The molecule has 0 fully saturated rings. The van der Waals surface area contributed by atoms with Gasteiger partial charge in [0, 0.05) is 18.3 Å². The van der Waals surface area contributed by atoms with Crippen LogP contribution >= 0.6 is 0 Å². The Balaban J connectivity index is 2.16. The lowest BCUT2D eigenvalue weighted by Crippen LogP contribution is -2.05. The van der Waals surface area contributed by atoms with Gasteiger partial charge in [-0.05, 0) is 29.8 Å². The number of benzene rings is 1. The van der Waals surface area contributed by atoms with Gasteiger partial charge in [0.2, 0.25) is 0 Å². The summed E-state index contributed by atoms with van der Waals surface area (Å²) in [6.45, 7) is 0. The van der Waals surface area contributed by atoms with E-state index in [-0.39, 0.29) is 5.56 Å². The summed E-state index contributed by atoms with van der Waals surface area (Å²) in [4.78, 5) is 15.0. The normalized spacial score (nSPS) is 12.1. The summed E-state index contributed by atoms with van der Waals surface area (Å²) >= 11 is 0. The summed E-state index contributed by atoms with van der Waals surface area (Å²) in [5, 5.41) is 18.9. The fraction of sp³-hybridized carbons (Fsp3) is 0.143. The summed E-state index contributed by atoms with van der Waals surface area (Å²) in [7, 11) is 0. The third-order valence-electron chi connectivity index (χ3n) is 2.65. The van der Waals surface area contributed by atoms with Crippen molar-refractivity contribution in [3.05, 3.63) is 65.5 Å². The number of hydrogen-bond acceptors (Lipinski definition) is 3. The number of nitrogens with zero attached hydrogens (tertiary/aromatic N) is 1. The minimum absolute atomic E-state index is 0.174. The van der Waals surface area contributed by atoms with Gasteiger partial charge in [-0.2, -0.15) is 0 Å². The Morgan fingerprint density at radius 1 is 1.22 bits per heavy atom. The van der Waals surface area contributed by atoms with E-state index < -0.39 is 12.1 Å². The van der Waals surface area contributed by atoms with Crippen molar-refractivity contribution in [3.8, 4) is 0 Å². The predicted molar refractivity (Wildman–Crippen MR) is 66.3 cm³/mol. The van der Waals surface area contributed by atoms with Gasteiger partial charge in [0.1, 0.15) is 0 Å². The van der Waals surface area contributed by atoms with E-state index in [1.165, 1.54) is 12.1 Å². The predicted octanol–water partition coefficient (Wildman–Crippen LogP) is 2.06. The molecule has 0 radical (unpaired) electrons. The van der Waals surface area contributed by atoms with E-state index in [0.717, 1.165) is 5.69 Å². The molecule has 1 heterocycles. The summed E-state index contributed by atoms with van der Waals surface area (Å²) in [6, 6.07) is 11.8. The van der Waals surface area contributed by atoms with Gasteiger partial charge in [-0.3, -0.25) is 4.98 Å². The van der Waals surface area contributed by atoms with Crippen molar-refractivity contribution in [3.63, 3.8) is 0 Å². The summed E-state index contributed by atoms with van der Waals surface area (Å²) in [5.74, 6) is -0.998. The molecule has 0 aliphatic rings. The molecule has 18 heavy (non-hydrogen) atoms. The molecule has 4 nitrogen and oxygen atoms in total. The number of carboxylic acids is 1. The minimum Gasteiger partial charge on any atom is -0.478 e. The van der Waals surface area contributed by atoms with Gasteiger partial charge in [-0.1, -0.05) is 18.2 Å². The van der Waals surface area contributed by atoms with Crippen molar-refractivity contribution in [2.75, 3.05) is 0 Å². The third-order valence-corrected chi connectivity index (χ3v) is 2.65. The fourth-order valence-corrected chi connectivity index (χ4v) is 1.71. The highest BCUT2D eigenvalue weighted by atomic mass is 16.4. The molecule has 4 heteroatoms. The maximum Gasteiger partial charge on any atom is 0.335 e. The topological polar surface area (TPSA) is 70.4 Å². The average molecular weight is 243 g/mol. The Morgan fingerprint density at radius 3 is 2.72 bits per heavy atom. The molecule has 1 aromatic heterocycles. The first kappa shape index (κ1) is 12.3. The summed E-state index contributed by atoms with van der Waals surface area (Å²) in [5.41, 5.74) is 1.53. The van der Waals surface area contributed by atoms with Crippen LogP contribution in [-0.4, -0.2) is 21.2 Å². The van der Waals surface area contributed by atoms with Crippen LogP contribution in [0.15, 0.2) is 48.7 Å². The van der Waals surface area contributed by atoms with Crippen molar-refractivity contribution >= 4 is 5.97 Å². The van der Waals surface area contributed by atoms with Crippen molar-refractivity contribution in [2.24, 2.45) is 0 Å². The SMILES string of the molecule is O=C(O)c1cccc(C(O)Cc2ccccn2)c1. The molecule has 92 valence electrons. The smallest absolute Gasteiger partial charge is 0.335 e. The van der Waals surface area contributed by atoms with Crippen LogP contribution in [0.4, 0.5) is 0 Å².